The van der Waals surface area contributed by atoms with Gasteiger partial charge in [0, 0.05) is 25.1 Å². The molecule has 2 rings (SSSR count). The van der Waals surface area contributed by atoms with Gasteiger partial charge in [-0.2, -0.15) is 0 Å². The van der Waals surface area contributed by atoms with Crippen molar-refractivity contribution in [2.45, 2.75) is 12.8 Å². The standard InChI is InChI=1S/C20H24FN3O7S/c1-30-19-10-7-16(24(26)27)14-18(19)23(32(2,28)29)12-3-4-20(25)22-11-13-31-17-8-5-15(21)6-9-17/h5-10,14H,3-4,11-13H2,1-2H3,(H,22,25). The third-order valence-electron chi connectivity index (χ3n) is 4.31. The molecule has 174 valence electrons. The molecule has 0 aliphatic rings. The van der Waals surface area contributed by atoms with Gasteiger partial charge in [0.2, 0.25) is 15.9 Å². The number of hydrogen-bond acceptors (Lipinski definition) is 7. The minimum atomic E-state index is -3.79. The molecule has 0 saturated carbocycles. The number of carbonyl (C=O) groups excluding carboxylic acids is 1. The molecule has 1 N–H and O–H groups in total. The Bertz CT molecular complexity index is 1050. The third kappa shape index (κ3) is 7.38. The van der Waals surface area contributed by atoms with Crippen LogP contribution in [0.3, 0.4) is 0 Å². The van der Waals surface area contributed by atoms with Crippen LogP contribution in [-0.2, 0) is 14.8 Å². The fraction of sp³-hybridized carbons (Fsp3) is 0.350. The quantitative estimate of drug-likeness (QED) is 0.287. The predicted molar refractivity (Wildman–Crippen MR) is 116 cm³/mol. The van der Waals surface area contributed by atoms with Crippen LogP contribution in [0.4, 0.5) is 15.8 Å². The normalized spacial score (nSPS) is 11.0. The number of non-ortho nitro benzene ring substituents is 1. The number of amides is 1. The van der Waals surface area contributed by atoms with E-state index in [1.54, 1.807) is 0 Å². The van der Waals surface area contributed by atoms with Gasteiger partial charge < -0.3 is 14.8 Å². The number of benzene rings is 2. The van der Waals surface area contributed by atoms with Crippen molar-refractivity contribution in [2.24, 2.45) is 0 Å². The molecule has 0 radical (unpaired) electrons. The molecule has 2 aromatic rings. The Morgan fingerprint density at radius 3 is 2.50 bits per heavy atom. The van der Waals surface area contributed by atoms with Gasteiger partial charge in [0.1, 0.15) is 29.6 Å². The van der Waals surface area contributed by atoms with Crippen LogP contribution in [0.5, 0.6) is 11.5 Å². The Hall–Kier alpha value is -3.41. The predicted octanol–water partition coefficient (Wildman–Crippen LogP) is 2.48. The summed E-state index contributed by atoms with van der Waals surface area (Å²) < 4.78 is 48.9. The van der Waals surface area contributed by atoms with Gasteiger partial charge in [-0.15, -0.1) is 0 Å². The van der Waals surface area contributed by atoms with Crippen molar-refractivity contribution in [2.75, 3.05) is 37.4 Å². The summed E-state index contributed by atoms with van der Waals surface area (Å²) in [6.45, 7) is 0.318. The van der Waals surface area contributed by atoms with Crippen LogP contribution < -0.4 is 19.1 Å². The molecule has 0 spiro atoms. The summed E-state index contributed by atoms with van der Waals surface area (Å²) in [6.07, 6.45) is 1.17. The molecule has 12 heteroatoms. The fourth-order valence-electron chi connectivity index (χ4n) is 2.81. The van der Waals surface area contributed by atoms with E-state index in [2.05, 4.69) is 5.32 Å². The van der Waals surface area contributed by atoms with Crippen LogP contribution in [-0.4, -0.2) is 52.3 Å². The molecule has 2 aromatic carbocycles. The van der Waals surface area contributed by atoms with Crippen LogP contribution >= 0.6 is 0 Å². The summed E-state index contributed by atoms with van der Waals surface area (Å²) in [5.41, 5.74) is -0.259. The van der Waals surface area contributed by atoms with Crippen LogP contribution in [0.15, 0.2) is 42.5 Å². The van der Waals surface area contributed by atoms with Gasteiger partial charge >= 0.3 is 0 Å². The van der Waals surface area contributed by atoms with E-state index in [-0.39, 0.29) is 61.4 Å². The SMILES string of the molecule is COc1ccc([N+](=O)[O-])cc1N(CCCC(=O)NCCOc1ccc(F)cc1)S(C)(=O)=O. The van der Waals surface area contributed by atoms with Gasteiger partial charge in [0.25, 0.3) is 5.69 Å². The second-order valence-corrected chi connectivity index (χ2v) is 8.61. The second kappa shape index (κ2) is 11.3. The van der Waals surface area contributed by atoms with E-state index < -0.39 is 14.9 Å². The topological polar surface area (TPSA) is 128 Å². The third-order valence-corrected chi connectivity index (χ3v) is 5.49. The average Bonchev–Trinajstić information content (AvgIpc) is 2.74. The first kappa shape index (κ1) is 24.9. The number of nitro groups is 1. The number of sulfonamides is 1. The first-order chi connectivity index (χ1) is 15.1. The maximum absolute atomic E-state index is 12.8. The van der Waals surface area contributed by atoms with Gasteiger partial charge in [-0.1, -0.05) is 0 Å². The summed E-state index contributed by atoms with van der Waals surface area (Å²) >= 11 is 0. The molecule has 0 saturated heterocycles. The van der Waals surface area contributed by atoms with E-state index in [9.17, 15) is 27.7 Å². The number of ether oxygens (including phenoxy) is 2. The van der Waals surface area contributed by atoms with Crippen LogP contribution in [0.2, 0.25) is 0 Å². The molecule has 0 aliphatic carbocycles. The molecule has 32 heavy (non-hydrogen) atoms. The van der Waals surface area contributed by atoms with Crippen LogP contribution in [0, 0.1) is 15.9 Å². The van der Waals surface area contributed by atoms with Crippen molar-refractivity contribution in [3.05, 3.63) is 58.4 Å². The highest BCUT2D eigenvalue weighted by atomic mass is 32.2. The number of carbonyl (C=O) groups is 1. The highest BCUT2D eigenvalue weighted by Crippen LogP contribution is 2.33. The van der Waals surface area contributed by atoms with Crippen molar-refractivity contribution in [3.63, 3.8) is 0 Å². The van der Waals surface area contributed by atoms with Gasteiger partial charge in [-0.25, -0.2) is 12.8 Å². The summed E-state index contributed by atoms with van der Waals surface area (Å²) in [4.78, 5) is 22.5. The molecule has 10 nitrogen and oxygen atoms in total. The molecule has 1 amide bonds. The lowest BCUT2D eigenvalue weighted by molar-refractivity contribution is -0.384. The number of anilines is 1. The maximum Gasteiger partial charge on any atom is 0.271 e. The number of halogens is 1. The Morgan fingerprint density at radius 1 is 1.22 bits per heavy atom. The summed E-state index contributed by atoms with van der Waals surface area (Å²) in [6, 6.07) is 9.12. The number of nitro benzene ring substituents is 1. The van der Waals surface area contributed by atoms with E-state index in [1.807, 2.05) is 0 Å². The summed E-state index contributed by atoms with van der Waals surface area (Å²) in [5, 5.41) is 13.7. The van der Waals surface area contributed by atoms with E-state index in [0.717, 1.165) is 16.6 Å². The number of nitrogens with zero attached hydrogens (tertiary/aromatic N) is 2. The van der Waals surface area contributed by atoms with Gasteiger partial charge in [0.05, 0.1) is 24.8 Å². The lowest BCUT2D eigenvalue weighted by Crippen LogP contribution is -2.33. The zero-order valence-electron chi connectivity index (χ0n) is 17.6. The summed E-state index contributed by atoms with van der Waals surface area (Å²) in [5.74, 6) is -0.0672. The monoisotopic (exact) mass is 469 g/mol. The maximum atomic E-state index is 12.8. The van der Waals surface area contributed by atoms with Crippen molar-refractivity contribution < 1.29 is 32.0 Å². The first-order valence-electron chi connectivity index (χ1n) is 9.57. The highest BCUT2D eigenvalue weighted by Gasteiger charge is 2.24. The van der Waals surface area contributed by atoms with Crippen molar-refractivity contribution in [1.29, 1.82) is 0 Å². The second-order valence-electron chi connectivity index (χ2n) is 6.70. The van der Waals surface area contributed by atoms with Crippen molar-refractivity contribution in [3.8, 4) is 11.5 Å². The molecule has 0 heterocycles. The van der Waals surface area contributed by atoms with E-state index in [0.29, 0.717) is 5.75 Å². The zero-order valence-corrected chi connectivity index (χ0v) is 18.4. The molecule has 0 aliphatic heterocycles. The van der Waals surface area contributed by atoms with Crippen LogP contribution in [0.25, 0.3) is 0 Å². The lowest BCUT2D eigenvalue weighted by atomic mass is 10.2. The van der Waals surface area contributed by atoms with E-state index in [1.165, 1.54) is 43.5 Å². The fourth-order valence-corrected chi connectivity index (χ4v) is 3.77. The molecule has 0 bridgehead atoms. The van der Waals surface area contributed by atoms with Gasteiger partial charge in [-0.3, -0.25) is 19.2 Å². The zero-order chi connectivity index (χ0) is 23.7. The molecule has 0 atom stereocenters. The van der Waals surface area contributed by atoms with E-state index in [4.69, 9.17) is 9.47 Å². The number of rotatable bonds is 12. The molecular formula is C20H24FN3O7S. The Kier molecular flexibility index (Phi) is 8.76. The van der Waals surface area contributed by atoms with Gasteiger partial charge in [-0.05, 0) is 36.8 Å². The summed E-state index contributed by atoms with van der Waals surface area (Å²) in [7, 11) is -2.47. The number of hydrogen-bond donors (Lipinski definition) is 1. The Morgan fingerprint density at radius 2 is 1.91 bits per heavy atom. The highest BCUT2D eigenvalue weighted by molar-refractivity contribution is 7.92. The number of methoxy groups -OCH3 is 1. The largest absolute Gasteiger partial charge is 0.495 e. The minimum Gasteiger partial charge on any atom is -0.495 e. The first-order valence-corrected chi connectivity index (χ1v) is 11.4. The number of nitrogens with one attached hydrogen (secondary N) is 1. The Balaban J connectivity index is 1.90. The molecular weight excluding hydrogens is 445 g/mol. The average molecular weight is 469 g/mol. The van der Waals surface area contributed by atoms with Crippen LogP contribution in [0.1, 0.15) is 12.8 Å². The molecule has 0 fully saturated rings. The molecule has 0 aromatic heterocycles. The Labute approximate surface area is 185 Å². The van der Waals surface area contributed by atoms with E-state index >= 15 is 0 Å². The van der Waals surface area contributed by atoms with Gasteiger partial charge in [0.15, 0.2) is 0 Å². The minimum absolute atomic E-state index is 0.0253. The van der Waals surface area contributed by atoms with Crippen molar-refractivity contribution >= 4 is 27.3 Å². The lowest BCUT2D eigenvalue weighted by Gasteiger charge is -2.24. The smallest absolute Gasteiger partial charge is 0.271 e. The van der Waals surface area contributed by atoms with Crippen molar-refractivity contribution in [1.82, 2.24) is 5.32 Å². The molecule has 0 unspecified atom stereocenters.